The number of ketones is 4. The topological polar surface area (TPSA) is 123 Å². The van der Waals surface area contributed by atoms with Gasteiger partial charge in [-0.15, -0.1) is 0 Å². The third-order valence-corrected chi connectivity index (χ3v) is 7.50. The van der Waals surface area contributed by atoms with Gasteiger partial charge >= 0.3 is 0 Å². The van der Waals surface area contributed by atoms with Crippen molar-refractivity contribution in [2.45, 2.75) is 99.0 Å². The van der Waals surface area contributed by atoms with Crippen molar-refractivity contribution in [2.75, 3.05) is 0 Å². The molecular weight excluding hydrogens is 470 g/mol. The van der Waals surface area contributed by atoms with E-state index in [4.69, 9.17) is 0 Å². The molecule has 37 heavy (non-hydrogen) atoms. The highest BCUT2D eigenvalue weighted by molar-refractivity contribution is 6.38. The van der Waals surface area contributed by atoms with Gasteiger partial charge < -0.3 is 5.32 Å². The highest BCUT2D eigenvalue weighted by atomic mass is 16.2. The summed E-state index contributed by atoms with van der Waals surface area (Å²) in [6.45, 7) is 10.8. The molecule has 0 spiro atoms. The minimum Gasteiger partial charge on any atom is -0.346 e. The van der Waals surface area contributed by atoms with Gasteiger partial charge in [-0.2, -0.15) is 0 Å². The van der Waals surface area contributed by atoms with E-state index in [0.717, 1.165) is 25.7 Å². The minimum atomic E-state index is -0.853. The summed E-state index contributed by atoms with van der Waals surface area (Å²) >= 11 is 0. The fourth-order valence-electron chi connectivity index (χ4n) is 4.92. The van der Waals surface area contributed by atoms with Gasteiger partial charge in [0, 0.05) is 31.4 Å². The molecule has 0 saturated heterocycles. The van der Waals surface area contributed by atoms with E-state index in [1.54, 1.807) is 6.92 Å². The van der Waals surface area contributed by atoms with E-state index >= 15 is 0 Å². The van der Waals surface area contributed by atoms with Gasteiger partial charge in [-0.25, -0.2) is 9.97 Å². The molecule has 1 fully saturated rings. The molecule has 1 aliphatic rings. The average molecular weight is 514 g/mol. The fraction of sp³-hybridized carbons (Fsp3) is 0.690. The summed E-state index contributed by atoms with van der Waals surface area (Å²) in [5.74, 6) is -3.17. The zero-order valence-corrected chi connectivity index (χ0v) is 23.2. The second-order valence-electron chi connectivity index (χ2n) is 11.9. The largest absolute Gasteiger partial charge is 0.346 e. The third kappa shape index (κ3) is 9.24. The Kier molecular flexibility index (Phi) is 11.3. The molecule has 1 aromatic rings. The fourth-order valence-corrected chi connectivity index (χ4v) is 4.92. The maximum atomic E-state index is 13.2. The monoisotopic (exact) mass is 513 g/mol. The van der Waals surface area contributed by atoms with Gasteiger partial charge in [0.1, 0.15) is 12.0 Å². The predicted octanol–water partition coefficient (Wildman–Crippen LogP) is 4.56. The molecule has 1 aliphatic carbocycles. The van der Waals surface area contributed by atoms with Gasteiger partial charge in [-0.3, -0.25) is 24.0 Å². The molecule has 8 nitrogen and oxygen atoms in total. The van der Waals surface area contributed by atoms with E-state index in [2.05, 4.69) is 15.3 Å². The lowest BCUT2D eigenvalue weighted by Crippen LogP contribution is -2.46. The summed E-state index contributed by atoms with van der Waals surface area (Å²) < 4.78 is 0. The molecule has 1 N–H and O–H groups in total. The first-order chi connectivity index (χ1) is 17.3. The van der Waals surface area contributed by atoms with Crippen LogP contribution in [0.1, 0.15) is 103 Å². The van der Waals surface area contributed by atoms with Crippen molar-refractivity contribution < 1.29 is 24.0 Å². The Morgan fingerprint density at radius 3 is 2.19 bits per heavy atom. The van der Waals surface area contributed by atoms with E-state index in [0.29, 0.717) is 0 Å². The highest BCUT2D eigenvalue weighted by Crippen LogP contribution is 2.31. The van der Waals surface area contributed by atoms with Gasteiger partial charge in [0.15, 0.2) is 17.3 Å². The number of carbonyl (C=O) groups is 5. The molecule has 0 aromatic carbocycles. The van der Waals surface area contributed by atoms with E-state index in [-0.39, 0.29) is 54.1 Å². The molecule has 1 amide bonds. The number of nitrogens with zero attached hydrogens (tertiary/aromatic N) is 2. The molecule has 0 radical (unpaired) electrons. The lowest BCUT2D eigenvalue weighted by atomic mass is 9.76. The molecule has 8 heteroatoms. The number of rotatable bonds is 13. The summed E-state index contributed by atoms with van der Waals surface area (Å²) in [6.07, 6.45) is 8.16. The number of amides is 1. The molecule has 1 aromatic heterocycles. The van der Waals surface area contributed by atoms with Crippen LogP contribution in [0.5, 0.6) is 0 Å². The second kappa shape index (κ2) is 13.7. The predicted molar refractivity (Wildman–Crippen MR) is 141 cm³/mol. The lowest BCUT2D eigenvalue weighted by molar-refractivity contribution is -0.142. The first kappa shape index (κ1) is 30.5. The number of aromatic nitrogens is 2. The van der Waals surface area contributed by atoms with Crippen LogP contribution in [0.15, 0.2) is 18.6 Å². The van der Waals surface area contributed by atoms with Crippen LogP contribution in [-0.2, 0) is 19.2 Å². The van der Waals surface area contributed by atoms with Crippen LogP contribution in [-0.4, -0.2) is 45.0 Å². The summed E-state index contributed by atoms with van der Waals surface area (Å²) in [5.41, 5.74) is -0.310. The van der Waals surface area contributed by atoms with Gasteiger partial charge in [-0.05, 0) is 30.2 Å². The Balaban J connectivity index is 2.02. The molecule has 1 saturated carbocycles. The van der Waals surface area contributed by atoms with Crippen molar-refractivity contribution >= 4 is 29.0 Å². The van der Waals surface area contributed by atoms with Crippen LogP contribution in [0.3, 0.4) is 0 Å². The van der Waals surface area contributed by atoms with Crippen LogP contribution < -0.4 is 5.32 Å². The molecule has 0 unspecified atom stereocenters. The standard InChI is InChI=1S/C29H43N3O5/c1-18(2)21(27(36)26(35)14-20-10-8-7-9-11-20)15-24(33)19(3)32-28(37)22(29(4,5)6)16-25(34)23-12-13-30-17-31-23/h12-13,17-22H,7-11,14-16H2,1-6H3,(H,32,37)/t19-,21-,22+/m0/s1. The van der Waals surface area contributed by atoms with Crippen LogP contribution in [0.2, 0.25) is 0 Å². The quantitative estimate of drug-likeness (QED) is 0.303. The number of hydrogen-bond acceptors (Lipinski definition) is 7. The van der Waals surface area contributed by atoms with Crippen LogP contribution >= 0.6 is 0 Å². The second-order valence-corrected chi connectivity index (χ2v) is 11.9. The van der Waals surface area contributed by atoms with Crippen LogP contribution in [0.25, 0.3) is 0 Å². The normalized spacial score (nSPS) is 17.1. The highest BCUT2D eigenvalue weighted by Gasteiger charge is 2.36. The lowest BCUT2D eigenvalue weighted by Gasteiger charge is -2.30. The van der Waals surface area contributed by atoms with Gasteiger partial charge in [0.25, 0.3) is 0 Å². The number of carbonyl (C=O) groups excluding carboxylic acids is 5. The molecule has 0 aliphatic heterocycles. The molecule has 1 heterocycles. The molecule has 2 rings (SSSR count). The van der Waals surface area contributed by atoms with Gasteiger partial charge in [0.2, 0.25) is 11.7 Å². The van der Waals surface area contributed by atoms with E-state index in [9.17, 15) is 24.0 Å². The summed E-state index contributed by atoms with van der Waals surface area (Å²) in [6, 6.07) is 0.652. The van der Waals surface area contributed by atoms with Crippen LogP contribution in [0.4, 0.5) is 0 Å². The molecule has 3 atom stereocenters. The van der Waals surface area contributed by atoms with Crippen molar-refractivity contribution in [1.82, 2.24) is 15.3 Å². The summed E-state index contributed by atoms with van der Waals surface area (Å²) in [7, 11) is 0. The van der Waals surface area contributed by atoms with E-state index in [1.165, 1.54) is 25.0 Å². The Bertz CT molecular complexity index is 962. The third-order valence-electron chi connectivity index (χ3n) is 7.50. The summed E-state index contributed by atoms with van der Waals surface area (Å²) in [4.78, 5) is 72.5. The Morgan fingerprint density at radius 1 is 1.00 bits per heavy atom. The summed E-state index contributed by atoms with van der Waals surface area (Å²) in [5, 5.41) is 2.75. The molecule has 0 bridgehead atoms. The first-order valence-corrected chi connectivity index (χ1v) is 13.5. The van der Waals surface area contributed by atoms with Gasteiger partial charge in [0.05, 0.1) is 12.0 Å². The SMILES string of the molecule is CC(C)[C@H](CC(=O)[C@H](C)NC(=O)[C@@H](CC(=O)c1ccncn1)C(C)(C)C)C(=O)C(=O)CC1CCCCC1. The maximum absolute atomic E-state index is 13.2. The first-order valence-electron chi connectivity index (χ1n) is 13.5. The maximum Gasteiger partial charge on any atom is 0.224 e. The van der Waals surface area contributed by atoms with Gasteiger partial charge in [-0.1, -0.05) is 66.7 Å². The molecular formula is C29H43N3O5. The number of hydrogen-bond donors (Lipinski definition) is 1. The molecule has 204 valence electrons. The zero-order valence-electron chi connectivity index (χ0n) is 23.2. The van der Waals surface area contributed by atoms with E-state index < -0.39 is 35.0 Å². The van der Waals surface area contributed by atoms with E-state index in [1.807, 2.05) is 34.6 Å². The van der Waals surface area contributed by atoms with Crippen molar-refractivity contribution in [3.63, 3.8) is 0 Å². The smallest absolute Gasteiger partial charge is 0.224 e. The zero-order chi connectivity index (χ0) is 27.8. The van der Waals surface area contributed by atoms with Crippen LogP contribution in [0, 0.1) is 29.1 Å². The van der Waals surface area contributed by atoms with Crippen molar-refractivity contribution in [2.24, 2.45) is 29.1 Å². The number of nitrogens with one attached hydrogen (secondary N) is 1. The number of Topliss-reactive ketones (excluding diaryl/α,β-unsaturated/α-hetero) is 4. The minimum absolute atomic E-state index is 0.0595. The average Bonchev–Trinajstić information content (AvgIpc) is 2.85. The van der Waals surface area contributed by atoms with Crippen molar-refractivity contribution in [3.8, 4) is 0 Å². The van der Waals surface area contributed by atoms with Crippen molar-refractivity contribution in [3.05, 3.63) is 24.3 Å². The Morgan fingerprint density at radius 2 is 1.65 bits per heavy atom. The van der Waals surface area contributed by atoms with Crippen molar-refractivity contribution in [1.29, 1.82) is 0 Å². The Hall–Kier alpha value is -2.77. The Labute approximate surface area is 220 Å².